The van der Waals surface area contributed by atoms with Crippen molar-refractivity contribution in [3.8, 4) is 5.75 Å². The number of para-hydroxylation sites is 1. The molecule has 5 nitrogen and oxygen atoms in total. The molecule has 3 aromatic rings. The molecule has 0 saturated carbocycles. The summed E-state index contributed by atoms with van der Waals surface area (Å²) >= 11 is 3.49. The maximum absolute atomic E-state index is 13.2. The van der Waals surface area contributed by atoms with Gasteiger partial charge in [-0.15, -0.1) is 0 Å². The van der Waals surface area contributed by atoms with Crippen LogP contribution < -0.4 is 15.0 Å². The van der Waals surface area contributed by atoms with E-state index in [1.165, 1.54) is 4.90 Å². The van der Waals surface area contributed by atoms with E-state index in [9.17, 15) is 9.59 Å². The second-order valence-corrected chi connectivity index (χ2v) is 8.25. The molecule has 0 unspecified atom stereocenters. The summed E-state index contributed by atoms with van der Waals surface area (Å²) in [6.45, 7) is 3.15. The fourth-order valence-electron chi connectivity index (χ4n) is 3.21. The van der Waals surface area contributed by atoms with Crippen LogP contribution in [0.15, 0.2) is 77.3 Å². The smallest absolute Gasteiger partial charge is 0.258 e. The number of rotatable bonds is 9. The Kier molecular flexibility index (Phi) is 8.45. The van der Waals surface area contributed by atoms with Gasteiger partial charge in [0.15, 0.2) is 0 Å². The van der Waals surface area contributed by atoms with Crippen molar-refractivity contribution in [1.29, 1.82) is 0 Å². The van der Waals surface area contributed by atoms with E-state index in [2.05, 4.69) is 28.2 Å². The summed E-state index contributed by atoms with van der Waals surface area (Å²) < 4.78 is 6.47. The van der Waals surface area contributed by atoms with E-state index >= 15 is 0 Å². The van der Waals surface area contributed by atoms with Crippen LogP contribution in [0.2, 0.25) is 0 Å². The molecule has 0 atom stereocenters. The molecule has 0 radical (unpaired) electrons. The number of hydrogen-bond acceptors (Lipinski definition) is 3. The normalized spacial score (nSPS) is 10.5. The van der Waals surface area contributed by atoms with Crippen LogP contribution in [0.1, 0.15) is 46.0 Å². The number of hydrogen-bond donors (Lipinski definition) is 1. The van der Waals surface area contributed by atoms with Crippen LogP contribution in [-0.4, -0.2) is 25.5 Å². The molecule has 0 aliphatic heterocycles. The molecule has 0 heterocycles. The first-order chi connectivity index (χ1) is 15.5. The van der Waals surface area contributed by atoms with E-state index in [-0.39, 0.29) is 11.8 Å². The lowest BCUT2D eigenvalue weighted by Crippen LogP contribution is -2.30. The largest absolute Gasteiger partial charge is 0.492 e. The Hall–Kier alpha value is -3.12. The van der Waals surface area contributed by atoms with Crippen molar-refractivity contribution in [3.05, 3.63) is 94.0 Å². The summed E-state index contributed by atoms with van der Waals surface area (Å²) in [4.78, 5) is 27.5. The molecule has 6 heteroatoms. The SMILES string of the molecule is CCCCOc1ccc(C(=O)N(C)c2ccccc2C(=O)NCc2ccccc2)cc1Br. The summed E-state index contributed by atoms with van der Waals surface area (Å²) in [6.07, 6.45) is 2.02. The van der Waals surface area contributed by atoms with Gasteiger partial charge in [0.1, 0.15) is 5.75 Å². The van der Waals surface area contributed by atoms with Crippen molar-refractivity contribution < 1.29 is 14.3 Å². The Balaban J connectivity index is 1.74. The number of nitrogens with one attached hydrogen (secondary N) is 1. The van der Waals surface area contributed by atoms with Crippen LogP contribution in [0.4, 0.5) is 5.69 Å². The molecule has 0 fully saturated rings. The van der Waals surface area contributed by atoms with E-state index in [0.29, 0.717) is 35.7 Å². The third kappa shape index (κ3) is 5.98. The number of nitrogens with zero attached hydrogens (tertiary/aromatic N) is 1. The molecule has 0 saturated heterocycles. The van der Waals surface area contributed by atoms with Crippen molar-refractivity contribution in [3.63, 3.8) is 0 Å². The molecule has 1 N–H and O–H groups in total. The first-order valence-electron chi connectivity index (χ1n) is 10.6. The van der Waals surface area contributed by atoms with Gasteiger partial charge >= 0.3 is 0 Å². The van der Waals surface area contributed by atoms with Gasteiger partial charge in [-0.3, -0.25) is 9.59 Å². The number of carbonyl (C=O) groups excluding carboxylic acids is 2. The molecule has 3 rings (SSSR count). The maximum atomic E-state index is 13.2. The van der Waals surface area contributed by atoms with Crippen LogP contribution >= 0.6 is 15.9 Å². The van der Waals surface area contributed by atoms with E-state index in [1.807, 2.05) is 36.4 Å². The molecule has 32 heavy (non-hydrogen) atoms. The van der Waals surface area contributed by atoms with Gasteiger partial charge in [-0.05, 0) is 58.2 Å². The van der Waals surface area contributed by atoms with Crippen LogP contribution in [0, 0.1) is 0 Å². The quantitative estimate of drug-likeness (QED) is 0.380. The van der Waals surface area contributed by atoms with Gasteiger partial charge < -0.3 is 15.0 Å². The van der Waals surface area contributed by atoms with Crippen molar-refractivity contribution in [2.24, 2.45) is 0 Å². The lowest BCUT2D eigenvalue weighted by molar-refractivity contribution is 0.0951. The zero-order chi connectivity index (χ0) is 22.9. The minimum absolute atomic E-state index is 0.214. The summed E-state index contributed by atoms with van der Waals surface area (Å²) in [5, 5.41) is 2.93. The van der Waals surface area contributed by atoms with E-state index in [4.69, 9.17) is 4.74 Å². The van der Waals surface area contributed by atoms with Gasteiger partial charge in [0.25, 0.3) is 11.8 Å². The predicted molar refractivity (Wildman–Crippen MR) is 131 cm³/mol. The van der Waals surface area contributed by atoms with Crippen LogP contribution in [0.25, 0.3) is 0 Å². The zero-order valence-corrected chi connectivity index (χ0v) is 19.9. The average molecular weight is 495 g/mol. The Morgan fingerprint density at radius 1 is 1.00 bits per heavy atom. The lowest BCUT2D eigenvalue weighted by atomic mass is 10.1. The standard InChI is InChI=1S/C26H27BrN2O3/c1-3-4-16-32-24-15-14-20(17-22(24)27)26(31)29(2)23-13-9-8-12-21(23)25(30)28-18-19-10-6-5-7-11-19/h5-15,17H,3-4,16,18H2,1-2H3,(H,28,30). The number of halogens is 1. The molecule has 2 amide bonds. The Morgan fingerprint density at radius 3 is 2.44 bits per heavy atom. The summed E-state index contributed by atoms with van der Waals surface area (Å²) in [6, 6.07) is 22.1. The van der Waals surface area contributed by atoms with Crippen LogP contribution in [0.3, 0.4) is 0 Å². The number of carbonyl (C=O) groups is 2. The summed E-state index contributed by atoms with van der Waals surface area (Å²) in [5.74, 6) is 0.261. The van der Waals surface area contributed by atoms with Crippen molar-refractivity contribution in [2.75, 3.05) is 18.6 Å². The monoisotopic (exact) mass is 494 g/mol. The molecule has 0 aromatic heterocycles. The van der Waals surface area contributed by atoms with Gasteiger partial charge in [0.2, 0.25) is 0 Å². The third-order valence-electron chi connectivity index (χ3n) is 5.04. The third-order valence-corrected chi connectivity index (χ3v) is 5.66. The highest BCUT2D eigenvalue weighted by Crippen LogP contribution is 2.28. The topological polar surface area (TPSA) is 58.6 Å². The molecule has 0 aliphatic rings. The first-order valence-corrected chi connectivity index (χ1v) is 11.4. The number of unbranched alkanes of at least 4 members (excludes halogenated alkanes) is 1. The molecule has 0 aliphatic carbocycles. The van der Waals surface area contributed by atoms with Gasteiger partial charge in [0.05, 0.1) is 22.3 Å². The molecule has 0 spiro atoms. The number of anilines is 1. The van der Waals surface area contributed by atoms with E-state index in [0.717, 1.165) is 22.9 Å². The number of ether oxygens (including phenoxy) is 1. The first kappa shape index (κ1) is 23.5. The lowest BCUT2D eigenvalue weighted by Gasteiger charge is -2.21. The van der Waals surface area contributed by atoms with E-state index < -0.39 is 0 Å². The zero-order valence-electron chi connectivity index (χ0n) is 18.3. The highest BCUT2D eigenvalue weighted by molar-refractivity contribution is 9.10. The second kappa shape index (κ2) is 11.5. The van der Waals surface area contributed by atoms with Crippen LogP contribution in [-0.2, 0) is 6.54 Å². The van der Waals surface area contributed by atoms with Gasteiger partial charge in [0, 0.05) is 19.2 Å². The minimum Gasteiger partial charge on any atom is -0.492 e. The van der Waals surface area contributed by atoms with Crippen molar-refractivity contribution in [2.45, 2.75) is 26.3 Å². The summed E-state index contributed by atoms with van der Waals surface area (Å²) in [7, 11) is 1.67. The molecule has 3 aromatic carbocycles. The number of benzene rings is 3. The maximum Gasteiger partial charge on any atom is 0.258 e. The average Bonchev–Trinajstić information content (AvgIpc) is 2.83. The minimum atomic E-state index is -0.232. The van der Waals surface area contributed by atoms with E-state index in [1.54, 1.807) is 43.4 Å². The molecular weight excluding hydrogens is 468 g/mol. The molecule has 0 bridgehead atoms. The fraction of sp³-hybridized carbons (Fsp3) is 0.231. The fourth-order valence-corrected chi connectivity index (χ4v) is 3.71. The highest BCUT2D eigenvalue weighted by Gasteiger charge is 2.20. The Bertz CT molecular complexity index is 1070. The number of amides is 2. The Labute approximate surface area is 197 Å². The van der Waals surface area contributed by atoms with Crippen molar-refractivity contribution >= 4 is 33.4 Å². The highest BCUT2D eigenvalue weighted by atomic mass is 79.9. The Morgan fingerprint density at radius 2 is 1.72 bits per heavy atom. The molecular formula is C26H27BrN2O3. The summed E-state index contributed by atoms with van der Waals surface area (Å²) in [5.41, 5.74) is 2.50. The van der Waals surface area contributed by atoms with Gasteiger partial charge in [-0.2, -0.15) is 0 Å². The predicted octanol–water partition coefficient (Wildman–Crippen LogP) is 5.83. The van der Waals surface area contributed by atoms with Gasteiger partial charge in [-0.25, -0.2) is 0 Å². The van der Waals surface area contributed by atoms with Crippen LogP contribution in [0.5, 0.6) is 5.75 Å². The second-order valence-electron chi connectivity index (χ2n) is 7.40. The van der Waals surface area contributed by atoms with Crippen molar-refractivity contribution in [1.82, 2.24) is 5.32 Å². The molecule has 166 valence electrons. The van der Waals surface area contributed by atoms with Gasteiger partial charge in [-0.1, -0.05) is 55.8 Å².